The predicted octanol–water partition coefficient (Wildman–Crippen LogP) is 4.43. The van der Waals surface area contributed by atoms with Gasteiger partial charge in [-0.05, 0) is 23.3 Å². The fraction of sp³-hybridized carbons (Fsp3) is 0.389. The van der Waals surface area contributed by atoms with Crippen LogP contribution < -0.4 is 9.47 Å². The largest absolute Gasteiger partial charge is 0.484 e. The molecule has 0 bridgehead atoms. The Bertz CT molecular complexity index is 768. The molecule has 0 saturated carbocycles. The molecule has 9 heteroatoms. The summed E-state index contributed by atoms with van der Waals surface area (Å²) in [7, 11) is 0. The van der Waals surface area contributed by atoms with Crippen molar-refractivity contribution >= 4 is 23.2 Å². The van der Waals surface area contributed by atoms with Gasteiger partial charge in [-0.3, -0.25) is 4.98 Å². The highest BCUT2D eigenvalue weighted by molar-refractivity contribution is 6.35. The van der Waals surface area contributed by atoms with E-state index in [1.54, 1.807) is 0 Å². The van der Waals surface area contributed by atoms with E-state index in [1.807, 2.05) is 0 Å². The number of aliphatic hydroxyl groups is 1. The van der Waals surface area contributed by atoms with Gasteiger partial charge in [0.05, 0.1) is 29.4 Å². The normalized spacial score (nSPS) is 17.9. The first kappa shape index (κ1) is 20.1. The zero-order chi connectivity index (χ0) is 19.4. The van der Waals surface area contributed by atoms with E-state index in [1.165, 1.54) is 30.6 Å². The maximum Gasteiger partial charge on any atom is 0.387 e. The summed E-state index contributed by atoms with van der Waals surface area (Å²) in [4.78, 5) is 3.87. The molecule has 2 aromatic rings. The number of halogens is 4. The molecular weight excluding hydrogens is 403 g/mol. The first-order valence-corrected chi connectivity index (χ1v) is 8.98. The van der Waals surface area contributed by atoms with Crippen LogP contribution in [0.25, 0.3) is 0 Å². The van der Waals surface area contributed by atoms with Gasteiger partial charge in [0.15, 0.2) is 11.5 Å². The lowest BCUT2D eigenvalue weighted by Crippen LogP contribution is -2.17. The second kappa shape index (κ2) is 9.01. The van der Waals surface area contributed by atoms with Crippen LogP contribution in [0.2, 0.25) is 10.0 Å². The number of hydrogen-bond donors (Lipinski definition) is 1. The highest BCUT2D eigenvalue weighted by atomic mass is 35.5. The summed E-state index contributed by atoms with van der Waals surface area (Å²) in [5.41, 5.74) is 0.995. The minimum Gasteiger partial charge on any atom is -0.484 e. The quantitative estimate of drug-likeness (QED) is 0.718. The molecule has 1 fully saturated rings. The molecule has 3 rings (SSSR count). The Morgan fingerprint density at radius 3 is 2.59 bits per heavy atom. The van der Waals surface area contributed by atoms with Crippen LogP contribution in [0.15, 0.2) is 30.6 Å². The molecule has 146 valence electrons. The van der Waals surface area contributed by atoms with E-state index >= 15 is 0 Å². The minimum absolute atomic E-state index is 0.104. The SMILES string of the molecule is OC(Cc1c(Cl)cncc1Cl)c1ccc(OC(F)F)c(OC2CCOC2)c1. The zero-order valence-corrected chi connectivity index (χ0v) is 15.6. The number of rotatable bonds is 7. The monoisotopic (exact) mass is 419 g/mol. The van der Waals surface area contributed by atoms with E-state index in [9.17, 15) is 13.9 Å². The van der Waals surface area contributed by atoms with Crippen molar-refractivity contribution in [3.63, 3.8) is 0 Å². The first-order chi connectivity index (χ1) is 12.9. The molecule has 2 atom stereocenters. The summed E-state index contributed by atoms with van der Waals surface area (Å²) in [6.45, 7) is -2.09. The van der Waals surface area contributed by atoms with Crippen LogP contribution in [0.4, 0.5) is 8.78 Å². The number of aliphatic hydroxyl groups excluding tert-OH is 1. The molecule has 27 heavy (non-hydrogen) atoms. The Morgan fingerprint density at radius 1 is 1.22 bits per heavy atom. The number of nitrogens with zero attached hydrogens (tertiary/aromatic N) is 1. The van der Waals surface area contributed by atoms with E-state index in [0.717, 1.165) is 0 Å². The van der Waals surface area contributed by atoms with Crippen LogP contribution in [0, 0.1) is 0 Å². The molecule has 0 radical (unpaired) electrons. The average Bonchev–Trinajstić information content (AvgIpc) is 3.12. The van der Waals surface area contributed by atoms with Gasteiger partial charge in [-0.15, -0.1) is 0 Å². The van der Waals surface area contributed by atoms with E-state index < -0.39 is 12.7 Å². The van der Waals surface area contributed by atoms with Crippen molar-refractivity contribution in [3.05, 3.63) is 51.8 Å². The van der Waals surface area contributed by atoms with Gasteiger partial charge in [0.1, 0.15) is 6.10 Å². The lowest BCUT2D eigenvalue weighted by molar-refractivity contribution is -0.0521. The number of aromatic nitrogens is 1. The summed E-state index contributed by atoms with van der Waals surface area (Å²) in [6, 6.07) is 4.30. The summed E-state index contributed by atoms with van der Waals surface area (Å²) < 4.78 is 40.8. The second-order valence-corrected chi connectivity index (χ2v) is 6.80. The van der Waals surface area contributed by atoms with Gasteiger partial charge in [-0.25, -0.2) is 0 Å². The standard InChI is InChI=1S/C18H17Cl2F2NO4/c19-13-7-23-8-14(20)12(13)6-15(24)10-1-2-16(27-18(21)22)17(5-10)26-11-3-4-25-9-11/h1-2,5,7-8,11,15,18,24H,3-4,6,9H2. The molecule has 1 aliphatic heterocycles. The van der Waals surface area contributed by atoms with Crippen molar-refractivity contribution in [1.82, 2.24) is 4.98 Å². The smallest absolute Gasteiger partial charge is 0.387 e. The number of benzene rings is 1. The van der Waals surface area contributed by atoms with Gasteiger partial charge in [0.25, 0.3) is 0 Å². The third-order valence-electron chi connectivity index (χ3n) is 4.10. The van der Waals surface area contributed by atoms with Gasteiger partial charge >= 0.3 is 6.61 Å². The van der Waals surface area contributed by atoms with Crippen LogP contribution in [0.1, 0.15) is 23.7 Å². The number of pyridine rings is 1. The van der Waals surface area contributed by atoms with Gasteiger partial charge in [0.2, 0.25) is 0 Å². The summed E-state index contributed by atoms with van der Waals surface area (Å²) in [6.07, 6.45) is 2.39. The Hall–Kier alpha value is -1.67. The molecule has 1 N–H and O–H groups in total. The molecule has 2 heterocycles. The number of ether oxygens (including phenoxy) is 3. The van der Waals surface area contributed by atoms with Crippen molar-refractivity contribution in [2.24, 2.45) is 0 Å². The van der Waals surface area contributed by atoms with Gasteiger partial charge < -0.3 is 19.3 Å². The Kier molecular flexibility index (Phi) is 6.70. The van der Waals surface area contributed by atoms with E-state index in [0.29, 0.717) is 40.8 Å². The number of hydrogen-bond acceptors (Lipinski definition) is 5. The fourth-order valence-electron chi connectivity index (χ4n) is 2.75. The summed E-state index contributed by atoms with van der Waals surface area (Å²) in [5.74, 6) is 0.0158. The van der Waals surface area contributed by atoms with Crippen molar-refractivity contribution in [1.29, 1.82) is 0 Å². The Labute approximate surface area is 164 Å². The Balaban J connectivity index is 1.83. The Morgan fingerprint density at radius 2 is 1.96 bits per heavy atom. The lowest BCUT2D eigenvalue weighted by Gasteiger charge is -2.19. The molecule has 0 spiro atoms. The first-order valence-electron chi connectivity index (χ1n) is 8.23. The summed E-state index contributed by atoms with van der Waals surface area (Å²) in [5, 5.41) is 11.2. The van der Waals surface area contributed by atoms with E-state index in [2.05, 4.69) is 9.72 Å². The summed E-state index contributed by atoms with van der Waals surface area (Å²) >= 11 is 12.2. The minimum atomic E-state index is -2.99. The van der Waals surface area contributed by atoms with Crippen molar-refractivity contribution in [2.45, 2.75) is 31.7 Å². The van der Waals surface area contributed by atoms with Crippen LogP contribution in [-0.4, -0.2) is 36.0 Å². The second-order valence-electron chi connectivity index (χ2n) is 5.99. The van der Waals surface area contributed by atoms with E-state index in [4.69, 9.17) is 32.7 Å². The van der Waals surface area contributed by atoms with Crippen molar-refractivity contribution < 1.29 is 28.1 Å². The molecular formula is C18H17Cl2F2NO4. The zero-order valence-electron chi connectivity index (χ0n) is 14.1. The molecule has 1 saturated heterocycles. The average molecular weight is 420 g/mol. The highest BCUT2D eigenvalue weighted by Crippen LogP contribution is 2.35. The maximum absolute atomic E-state index is 12.7. The third kappa shape index (κ3) is 5.19. The fourth-order valence-corrected chi connectivity index (χ4v) is 3.27. The molecule has 1 aliphatic rings. The molecule has 1 aromatic carbocycles. The molecule has 5 nitrogen and oxygen atoms in total. The predicted molar refractivity (Wildman–Crippen MR) is 95.8 cm³/mol. The van der Waals surface area contributed by atoms with E-state index in [-0.39, 0.29) is 24.0 Å². The van der Waals surface area contributed by atoms with Crippen LogP contribution in [-0.2, 0) is 11.2 Å². The van der Waals surface area contributed by atoms with Gasteiger partial charge in [-0.2, -0.15) is 8.78 Å². The highest BCUT2D eigenvalue weighted by Gasteiger charge is 2.22. The number of alkyl halides is 2. The van der Waals surface area contributed by atoms with Crippen molar-refractivity contribution in [2.75, 3.05) is 13.2 Å². The molecule has 2 unspecified atom stereocenters. The molecule has 1 aromatic heterocycles. The van der Waals surface area contributed by atoms with Crippen LogP contribution in [0.3, 0.4) is 0 Å². The third-order valence-corrected chi connectivity index (χ3v) is 4.75. The lowest BCUT2D eigenvalue weighted by atomic mass is 10.0. The van der Waals surface area contributed by atoms with Gasteiger partial charge in [0, 0.05) is 25.2 Å². The topological polar surface area (TPSA) is 60.8 Å². The van der Waals surface area contributed by atoms with Gasteiger partial charge in [-0.1, -0.05) is 29.3 Å². The molecule has 0 aliphatic carbocycles. The maximum atomic E-state index is 12.7. The molecule has 0 amide bonds. The van der Waals surface area contributed by atoms with Crippen LogP contribution >= 0.6 is 23.2 Å². The van der Waals surface area contributed by atoms with Crippen LogP contribution in [0.5, 0.6) is 11.5 Å². The van der Waals surface area contributed by atoms with Crippen molar-refractivity contribution in [3.8, 4) is 11.5 Å².